The Hall–Kier alpha value is -0.570. The lowest BCUT2D eigenvalue weighted by molar-refractivity contribution is -0.129. The molecule has 1 aliphatic rings. The third kappa shape index (κ3) is 2.35. The van der Waals surface area contributed by atoms with Crippen LogP contribution in [0.15, 0.2) is 0 Å². The molecule has 0 amide bonds. The fraction of sp³-hybridized carbons (Fsp3) is 0.857. The van der Waals surface area contributed by atoms with Gasteiger partial charge < -0.3 is 10.1 Å². The van der Waals surface area contributed by atoms with E-state index < -0.39 is 0 Å². The number of ether oxygens (including phenoxy) is 1. The SMILES string of the molecule is O=COC[C@@H]1CCCCN1. The Labute approximate surface area is 60.7 Å². The first-order valence-electron chi connectivity index (χ1n) is 3.72. The van der Waals surface area contributed by atoms with E-state index in [0.29, 0.717) is 19.1 Å². The highest BCUT2D eigenvalue weighted by atomic mass is 16.5. The quantitative estimate of drug-likeness (QED) is 0.577. The van der Waals surface area contributed by atoms with Gasteiger partial charge in [-0.25, -0.2) is 0 Å². The molecule has 0 aromatic carbocycles. The minimum atomic E-state index is 0.402. The van der Waals surface area contributed by atoms with Gasteiger partial charge in [-0.3, -0.25) is 4.79 Å². The molecule has 1 rings (SSSR count). The van der Waals surface area contributed by atoms with Crippen molar-refractivity contribution in [3.63, 3.8) is 0 Å². The van der Waals surface area contributed by atoms with Crippen LogP contribution in [0.1, 0.15) is 19.3 Å². The van der Waals surface area contributed by atoms with Gasteiger partial charge in [0, 0.05) is 6.04 Å². The van der Waals surface area contributed by atoms with Crippen LogP contribution in [0.4, 0.5) is 0 Å². The van der Waals surface area contributed by atoms with E-state index >= 15 is 0 Å². The van der Waals surface area contributed by atoms with Gasteiger partial charge >= 0.3 is 0 Å². The summed E-state index contributed by atoms with van der Waals surface area (Å²) in [7, 11) is 0. The van der Waals surface area contributed by atoms with Crippen LogP contribution in [-0.2, 0) is 9.53 Å². The molecule has 0 unspecified atom stereocenters. The second-order valence-electron chi connectivity index (χ2n) is 2.58. The first-order valence-corrected chi connectivity index (χ1v) is 3.72. The molecule has 3 nitrogen and oxygen atoms in total. The predicted octanol–water partition coefficient (Wildman–Crippen LogP) is 0.301. The zero-order valence-electron chi connectivity index (χ0n) is 6.01. The maximum atomic E-state index is 9.80. The van der Waals surface area contributed by atoms with Gasteiger partial charge in [-0.1, -0.05) is 6.42 Å². The molecule has 0 aromatic rings. The van der Waals surface area contributed by atoms with Crippen molar-refractivity contribution in [3.05, 3.63) is 0 Å². The number of carbonyl (C=O) groups is 1. The lowest BCUT2D eigenvalue weighted by atomic mass is 10.1. The lowest BCUT2D eigenvalue weighted by Gasteiger charge is -2.21. The van der Waals surface area contributed by atoms with Crippen LogP contribution in [0.2, 0.25) is 0 Å². The molecule has 0 aliphatic carbocycles. The summed E-state index contributed by atoms with van der Waals surface area (Å²) in [5.41, 5.74) is 0. The van der Waals surface area contributed by atoms with E-state index in [9.17, 15) is 4.79 Å². The molecule has 1 N–H and O–H groups in total. The molecule has 0 spiro atoms. The summed E-state index contributed by atoms with van der Waals surface area (Å²) >= 11 is 0. The third-order valence-corrected chi connectivity index (χ3v) is 1.78. The van der Waals surface area contributed by atoms with E-state index in [1.807, 2.05) is 0 Å². The number of nitrogens with one attached hydrogen (secondary N) is 1. The Morgan fingerprint density at radius 2 is 2.50 bits per heavy atom. The molecule has 1 heterocycles. The predicted molar refractivity (Wildman–Crippen MR) is 37.7 cm³/mol. The first-order chi connectivity index (χ1) is 4.93. The zero-order chi connectivity index (χ0) is 7.23. The van der Waals surface area contributed by atoms with E-state index in [-0.39, 0.29) is 0 Å². The fourth-order valence-electron chi connectivity index (χ4n) is 1.22. The Kier molecular flexibility index (Phi) is 3.22. The Bertz CT molecular complexity index is 99.8. The minimum Gasteiger partial charge on any atom is -0.466 e. The third-order valence-electron chi connectivity index (χ3n) is 1.78. The Morgan fingerprint density at radius 1 is 1.60 bits per heavy atom. The molecule has 3 heteroatoms. The van der Waals surface area contributed by atoms with E-state index in [1.165, 1.54) is 12.8 Å². The summed E-state index contributed by atoms with van der Waals surface area (Å²) in [5.74, 6) is 0. The summed E-state index contributed by atoms with van der Waals surface area (Å²) in [6, 6.07) is 0.402. The maximum Gasteiger partial charge on any atom is 0.293 e. The van der Waals surface area contributed by atoms with Crippen LogP contribution in [0.25, 0.3) is 0 Å². The Balaban J connectivity index is 2.07. The molecule has 1 aliphatic heterocycles. The van der Waals surface area contributed by atoms with Gasteiger partial charge in [-0.15, -0.1) is 0 Å². The van der Waals surface area contributed by atoms with Gasteiger partial charge in [-0.05, 0) is 19.4 Å². The maximum absolute atomic E-state index is 9.80. The minimum absolute atomic E-state index is 0.402. The average molecular weight is 143 g/mol. The molecule has 0 bridgehead atoms. The van der Waals surface area contributed by atoms with Gasteiger partial charge in [-0.2, -0.15) is 0 Å². The second kappa shape index (κ2) is 4.28. The largest absolute Gasteiger partial charge is 0.466 e. The number of rotatable bonds is 3. The van der Waals surface area contributed by atoms with Gasteiger partial charge in [0.1, 0.15) is 6.61 Å². The highest BCUT2D eigenvalue weighted by Crippen LogP contribution is 2.06. The van der Waals surface area contributed by atoms with Crippen molar-refractivity contribution >= 4 is 6.47 Å². The van der Waals surface area contributed by atoms with Crippen molar-refractivity contribution in [2.75, 3.05) is 13.2 Å². The molecule has 1 saturated heterocycles. The highest BCUT2D eigenvalue weighted by Gasteiger charge is 2.11. The van der Waals surface area contributed by atoms with Gasteiger partial charge in [0.25, 0.3) is 6.47 Å². The topological polar surface area (TPSA) is 38.3 Å². The van der Waals surface area contributed by atoms with Gasteiger partial charge in [0.05, 0.1) is 0 Å². The lowest BCUT2D eigenvalue weighted by Crippen LogP contribution is -2.37. The average Bonchev–Trinajstić information content (AvgIpc) is 2.03. The normalized spacial score (nSPS) is 25.8. The monoisotopic (exact) mass is 143 g/mol. The van der Waals surface area contributed by atoms with Crippen LogP contribution in [0.3, 0.4) is 0 Å². The van der Waals surface area contributed by atoms with Crippen molar-refractivity contribution < 1.29 is 9.53 Å². The molecule has 1 fully saturated rings. The van der Waals surface area contributed by atoms with E-state index in [0.717, 1.165) is 13.0 Å². The molecule has 0 saturated carbocycles. The van der Waals surface area contributed by atoms with Crippen molar-refractivity contribution in [2.24, 2.45) is 0 Å². The Morgan fingerprint density at radius 3 is 3.10 bits per heavy atom. The number of piperidine rings is 1. The van der Waals surface area contributed by atoms with Crippen molar-refractivity contribution in [2.45, 2.75) is 25.3 Å². The second-order valence-corrected chi connectivity index (χ2v) is 2.58. The molecule has 1 atom stereocenters. The number of hydrogen-bond donors (Lipinski definition) is 1. The number of carbonyl (C=O) groups excluding carboxylic acids is 1. The first kappa shape index (κ1) is 7.54. The molecule has 0 radical (unpaired) electrons. The van der Waals surface area contributed by atoms with Crippen LogP contribution >= 0.6 is 0 Å². The fourth-order valence-corrected chi connectivity index (χ4v) is 1.22. The number of hydrogen-bond acceptors (Lipinski definition) is 3. The zero-order valence-corrected chi connectivity index (χ0v) is 6.01. The van der Waals surface area contributed by atoms with Crippen molar-refractivity contribution in [1.29, 1.82) is 0 Å². The smallest absolute Gasteiger partial charge is 0.293 e. The van der Waals surface area contributed by atoms with E-state index in [2.05, 4.69) is 10.1 Å². The molecule has 58 valence electrons. The standard InChI is InChI=1S/C7H13NO2/c9-6-10-5-7-3-1-2-4-8-7/h6-8H,1-5H2/t7-/m0/s1. The van der Waals surface area contributed by atoms with Crippen molar-refractivity contribution in [3.8, 4) is 0 Å². The molecule has 10 heavy (non-hydrogen) atoms. The summed E-state index contributed by atoms with van der Waals surface area (Å²) in [4.78, 5) is 9.80. The summed E-state index contributed by atoms with van der Waals surface area (Å²) in [5, 5.41) is 3.27. The molecular formula is C7H13NO2. The highest BCUT2D eigenvalue weighted by molar-refractivity contribution is 5.36. The summed E-state index contributed by atoms with van der Waals surface area (Å²) < 4.78 is 4.63. The molecular weight excluding hydrogens is 130 g/mol. The summed E-state index contributed by atoms with van der Waals surface area (Å²) in [6.07, 6.45) is 3.63. The van der Waals surface area contributed by atoms with Crippen LogP contribution in [0.5, 0.6) is 0 Å². The van der Waals surface area contributed by atoms with E-state index in [4.69, 9.17) is 0 Å². The van der Waals surface area contributed by atoms with Gasteiger partial charge in [0.2, 0.25) is 0 Å². The summed E-state index contributed by atoms with van der Waals surface area (Å²) in [6.45, 7) is 2.10. The molecule has 0 aromatic heterocycles. The van der Waals surface area contributed by atoms with Crippen molar-refractivity contribution in [1.82, 2.24) is 5.32 Å². The van der Waals surface area contributed by atoms with E-state index in [1.54, 1.807) is 0 Å². The van der Waals surface area contributed by atoms with Gasteiger partial charge in [0.15, 0.2) is 0 Å². The van der Waals surface area contributed by atoms with Crippen LogP contribution in [0, 0.1) is 0 Å². The van der Waals surface area contributed by atoms with Crippen LogP contribution < -0.4 is 5.32 Å². The van der Waals surface area contributed by atoms with Crippen LogP contribution in [-0.4, -0.2) is 25.7 Å².